The molecule has 1 N–H and O–H groups in total. The van der Waals surface area contributed by atoms with E-state index in [0.717, 1.165) is 16.9 Å². The summed E-state index contributed by atoms with van der Waals surface area (Å²) in [7, 11) is -1.81. The van der Waals surface area contributed by atoms with E-state index < -0.39 is 15.9 Å². The molecule has 34 heavy (non-hydrogen) atoms. The minimum atomic E-state index is -3.41. The van der Waals surface area contributed by atoms with Gasteiger partial charge in [-0.3, -0.25) is 4.79 Å². The molecule has 4 rings (SSSR count). The third-order valence-corrected chi connectivity index (χ3v) is 8.66. The molecule has 3 aromatic rings. The Hall–Kier alpha value is -2.82. The molecule has 0 bridgehead atoms. The van der Waals surface area contributed by atoms with E-state index in [1.54, 1.807) is 7.11 Å². The molecule has 180 valence electrons. The number of hydrogen-bond acceptors (Lipinski definition) is 7. The molecular weight excluding hydrogens is 472 g/mol. The Labute approximate surface area is 204 Å². The van der Waals surface area contributed by atoms with Gasteiger partial charge in [0.05, 0.1) is 18.8 Å². The Morgan fingerprint density at radius 3 is 2.65 bits per heavy atom. The van der Waals surface area contributed by atoms with Gasteiger partial charge in [-0.1, -0.05) is 41.7 Å². The van der Waals surface area contributed by atoms with Crippen molar-refractivity contribution in [3.63, 3.8) is 0 Å². The van der Waals surface area contributed by atoms with E-state index in [2.05, 4.69) is 15.5 Å². The monoisotopic (exact) mass is 500 g/mol. The maximum absolute atomic E-state index is 12.9. The SMILES string of the molecule is COc1ccc(-c2nnc(NC(=O)[C@H]3CCCN(S(=O)(=O)CCCc4ccccc4)C3)s2)cc1. The predicted molar refractivity (Wildman–Crippen MR) is 133 cm³/mol. The van der Waals surface area contributed by atoms with Crippen LogP contribution in [0, 0.1) is 5.92 Å². The van der Waals surface area contributed by atoms with E-state index in [-0.39, 0.29) is 18.2 Å². The lowest BCUT2D eigenvalue weighted by Gasteiger charge is -2.31. The second-order valence-corrected chi connectivity index (χ2v) is 11.3. The third-order valence-electron chi connectivity index (χ3n) is 5.85. The molecule has 1 aliphatic rings. The number of aryl methyl sites for hydroxylation is 1. The van der Waals surface area contributed by atoms with Crippen molar-refractivity contribution in [3.05, 3.63) is 60.2 Å². The van der Waals surface area contributed by atoms with Crippen molar-refractivity contribution in [2.45, 2.75) is 25.7 Å². The largest absolute Gasteiger partial charge is 0.497 e. The number of piperidine rings is 1. The number of nitrogens with zero attached hydrogens (tertiary/aromatic N) is 3. The van der Waals surface area contributed by atoms with Gasteiger partial charge in [-0.05, 0) is 55.5 Å². The van der Waals surface area contributed by atoms with Crippen molar-refractivity contribution >= 4 is 32.4 Å². The highest BCUT2D eigenvalue weighted by Gasteiger charge is 2.32. The summed E-state index contributed by atoms with van der Waals surface area (Å²) in [5.41, 5.74) is 2.00. The Morgan fingerprint density at radius 2 is 1.91 bits per heavy atom. The summed E-state index contributed by atoms with van der Waals surface area (Å²) in [6.45, 7) is 0.654. The third kappa shape index (κ3) is 6.19. The van der Waals surface area contributed by atoms with Crippen molar-refractivity contribution in [2.24, 2.45) is 5.92 Å². The first kappa shape index (κ1) is 24.3. The van der Waals surface area contributed by atoms with Gasteiger partial charge in [-0.25, -0.2) is 12.7 Å². The number of nitrogens with one attached hydrogen (secondary N) is 1. The van der Waals surface area contributed by atoms with E-state index in [1.165, 1.54) is 15.6 Å². The van der Waals surface area contributed by atoms with Gasteiger partial charge in [0.1, 0.15) is 10.8 Å². The van der Waals surface area contributed by atoms with E-state index in [4.69, 9.17) is 4.74 Å². The van der Waals surface area contributed by atoms with E-state index >= 15 is 0 Å². The Bertz CT molecular complexity index is 1200. The molecule has 1 atom stereocenters. The van der Waals surface area contributed by atoms with Crippen LogP contribution in [0.1, 0.15) is 24.8 Å². The van der Waals surface area contributed by atoms with Crippen molar-refractivity contribution in [1.82, 2.24) is 14.5 Å². The molecule has 2 heterocycles. The summed E-state index contributed by atoms with van der Waals surface area (Å²) in [5.74, 6) is 0.198. The number of benzene rings is 2. The van der Waals surface area contributed by atoms with Crippen LogP contribution < -0.4 is 10.1 Å². The summed E-state index contributed by atoms with van der Waals surface area (Å²) >= 11 is 1.28. The smallest absolute Gasteiger partial charge is 0.230 e. The zero-order valence-corrected chi connectivity index (χ0v) is 20.6. The number of carbonyl (C=O) groups is 1. The lowest BCUT2D eigenvalue weighted by molar-refractivity contribution is -0.120. The summed E-state index contributed by atoms with van der Waals surface area (Å²) in [6.07, 6.45) is 2.57. The normalized spacial score (nSPS) is 16.8. The average molecular weight is 501 g/mol. The second kappa shape index (κ2) is 11.1. The zero-order valence-electron chi connectivity index (χ0n) is 19.0. The standard InChI is InChI=1S/C24H28N4O4S2/c1-32-21-13-11-19(12-14-21)23-26-27-24(33-23)25-22(29)20-10-5-15-28(17-20)34(30,31)16-6-9-18-7-3-2-4-8-18/h2-4,7-8,11-14,20H,5-6,9-10,15-17H2,1H3,(H,25,27,29)/t20-/m0/s1. The molecule has 1 fully saturated rings. The average Bonchev–Trinajstić information content (AvgIpc) is 3.33. The summed E-state index contributed by atoms with van der Waals surface area (Å²) in [4.78, 5) is 12.9. The fourth-order valence-corrected chi connectivity index (χ4v) is 6.31. The minimum absolute atomic E-state index is 0.0812. The van der Waals surface area contributed by atoms with E-state index in [1.807, 2.05) is 54.6 Å². The van der Waals surface area contributed by atoms with Crippen LogP contribution in [0.3, 0.4) is 0 Å². The van der Waals surface area contributed by atoms with Crippen LogP contribution in [0.15, 0.2) is 54.6 Å². The lowest BCUT2D eigenvalue weighted by atomic mass is 9.99. The molecule has 8 nitrogen and oxygen atoms in total. The van der Waals surface area contributed by atoms with Gasteiger partial charge in [-0.15, -0.1) is 10.2 Å². The number of methoxy groups -OCH3 is 1. The maximum atomic E-state index is 12.9. The first-order valence-electron chi connectivity index (χ1n) is 11.2. The number of sulfonamides is 1. The minimum Gasteiger partial charge on any atom is -0.497 e. The molecule has 1 saturated heterocycles. The van der Waals surface area contributed by atoms with Crippen LogP contribution in [-0.2, 0) is 21.2 Å². The highest BCUT2D eigenvalue weighted by Crippen LogP contribution is 2.29. The predicted octanol–water partition coefficient (Wildman–Crippen LogP) is 3.83. The van der Waals surface area contributed by atoms with Gasteiger partial charge in [0.2, 0.25) is 21.1 Å². The number of anilines is 1. The molecule has 2 aromatic carbocycles. The van der Waals surface area contributed by atoms with Crippen molar-refractivity contribution in [2.75, 3.05) is 31.3 Å². The van der Waals surface area contributed by atoms with Crippen molar-refractivity contribution in [1.29, 1.82) is 0 Å². The molecule has 0 spiro atoms. The molecule has 1 amide bonds. The molecule has 0 aliphatic carbocycles. The number of ether oxygens (including phenoxy) is 1. The second-order valence-electron chi connectivity index (χ2n) is 8.23. The molecule has 10 heteroatoms. The summed E-state index contributed by atoms with van der Waals surface area (Å²) in [5, 5.41) is 12.1. The van der Waals surface area contributed by atoms with Crippen LogP contribution in [0.25, 0.3) is 10.6 Å². The molecule has 0 radical (unpaired) electrons. The van der Waals surface area contributed by atoms with Crippen LogP contribution in [0.5, 0.6) is 5.75 Å². The molecule has 0 saturated carbocycles. The number of hydrogen-bond donors (Lipinski definition) is 1. The van der Waals surface area contributed by atoms with E-state index in [0.29, 0.717) is 42.4 Å². The Morgan fingerprint density at radius 1 is 1.15 bits per heavy atom. The van der Waals surface area contributed by atoms with Crippen molar-refractivity contribution < 1.29 is 17.9 Å². The number of aromatic nitrogens is 2. The lowest BCUT2D eigenvalue weighted by Crippen LogP contribution is -2.44. The molecular formula is C24H28N4O4S2. The van der Waals surface area contributed by atoms with E-state index in [9.17, 15) is 13.2 Å². The van der Waals surface area contributed by atoms with Gasteiger partial charge >= 0.3 is 0 Å². The maximum Gasteiger partial charge on any atom is 0.230 e. The van der Waals surface area contributed by atoms with Crippen molar-refractivity contribution in [3.8, 4) is 16.3 Å². The van der Waals surface area contributed by atoms with Crippen LogP contribution in [-0.4, -0.2) is 54.8 Å². The van der Waals surface area contributed by atoms with Gasteiger partial charge in [-0.2, -0.15) is 0 Å². The fraction of sp³-hybridized carbons (Fsp3) is 0.375. The zero-order chi connectivity index (χ0) is 24.0. The van der Waals surface area contributed by atoms with Crippen LogP contribution in [0.4, 0.5) is 5.13 Å². The van der Waals surface area contributed by atoms with Gasteiger partial charge < -0.3 is 10.1 Å². The fourth-order valence-electron chi connectivity index (χ4n) is 3.97. The molecule has 1 aromatic heterocycles. The number of rotatable bonds is 9. The highest BCUT2D eigenvalue weighted by molar-refractivity contribution is 7.89. The first-order valence-corrected chi connectivity index (χ1v) is 13.7. The summed E-state index contributed by atoms with van der Waals surface area (Å²) in [6, 6.07) is 17.3. The Balaban J connectivity index is 1.31. The first-order chi connectivity index (χ1) is 16.4. The quantitative estimate of drug-likeness (QED) is 0.479. The molecule has 1 aliphatic heterocycles. The Kier molecular flexibility index (Phi) is 7.91. The molecule has 0 unspecified atom stereocenters. The van der Waals surface area contributed by atoms with Gasteiger partial charge in [0, 0.05) is 18.7 Å². The van der Waals surface area contributed by atoms with Crippen LogP contribution >= 0.6 is 11.3 Å². The highest BCUT2D eigenvalue weighted by atomic mass is 32.2. The number of carbonyl (C=O) groups excluding carboxylic acids is 1. The van der Waals surface area contributed by atoms with Crippen LogP contribution in [0.2, 0.25) is 0 Å². The number of amides is 1. The topological polar surface area (TPSA) is 101 Å². The van der Waals surface area contributed by atoms with Gasteiger partial charge in [0.15, 0.2) is 0 Å². The summed E-state index contributed by atoms with van der Waals surface area (Å²) < 4.78 is 32.4. The van der Waals surface area contributed by atoms with Gasteiger partial charge in [0.25, 0.3) is 0 Å².